The van der Waals surface area contributed by atoms with Crippen LogP contribution in [0.3, 0.4) is 0 Å². The number of benzene rings is 8. The third-order valence-electron chi connectivity index (χ3n) is 10.6. The van der Waals surface area contributed by atoms with Crippen molar-refractivity contribution in [2.75, 3.05) is 0 Å². The van der Waals surface area contributed by atoms with Gasteiger partial charge in [0.1, 0.15) is 17.6 Å². The summed E-state index contributed by atoms with van der Waals surface area (Å²) in [6.45, 7) is 0. The van der Waals surface area contributed by atoms with Crippen LogP contribution in [-0.4, -0.2) is 21.1 Å². The van der Waals surface area contributed by atoms with Crippen LogP contribution in [-0.2, 0) is 0 Å². The fourth-order valence-corrected chi connectivity index (χ4v) is 7.94. The Morgan fingerprint density at radius 3 is 1.96 bits per heavy atom. The van der Waals surface area contributed by atoms with Gasteiger partial charge in [0.2, 0.25) is 0 Å². The quantitative estimate of drug-likeness (QED) is 0.189. The molecule has 3 heterocycles. The monoisotopic (exact) mass is 677 g/mol. The third kappa shape index (κ3) is 4.89. The van der Waals surface area contributed by atoms with Crippen molar-refractivity contribution in [3.05, 3.63) is 193 Å². The predicted molar refractivity (Wildman–Crippen MR) is 220 cm³/mol. The van der Waals surface area contributed by atoms with Gasteiger partial charge in [-0.3, -0.25) is 4.40 Å². The van der Waals surface area contributed by atoms with Crippen molar-refractivity contribution in [3.63, 3.8) is 0 Å². The summed E-state index contributed by atoms with van der Waals surface area (Å²) in [5, 5.41) is 13.2. The molecule has 1 N–H and O–H groups in total. The first kappa shape index (κ1) is 29.6. The fourth-order valence-electron chi connectivity index (χ4n) is 7.94. The Bertz CT molecular complexity index is 3150. The van der Waals surface area contributed by atoms with E-state index in [4.69, 9.17) is 15.0 Å². The Morgan fingerprint density at radius 2 is 1.13 bits per heavy atom. The van der Waals surface area contributed by atoms with E-state index in [1.54, 1.807) is 0 Å². The highest BCUT2D eigenvalue weighted by Crippen LogP contribution is 2.37. The maximum Gasteiger partial charge on any atom is 0.159 e. The molecule has 1 aliphatic rings. The molecular formula is C48H31N5. The molecule has 1 atom stereocenters. The lowest BCUT2D eigenvalue weighted by atomic mass is 9.95. The minimum Gasteiger partial charge on any atom is -0.344 e. The van der Waals surface area contributed by atoms with E-state index in [1.165, 1.54) is 37.7 Å². The van der Waals surface area contributed by atoms with E-state index in [-0.39, 0.29) is 6.17 Å². The summed E-state index contributed by atoms with van der Waals surface area (Å²) in [4.78, 5) is 15.4. The molecule has 1 unspecified atom stereocenters. The fraction of sp³-hybridized carbons (Fsp3) is 0.0208. The number of aliphatic imine (C=N–C) groups is 2. The summed E-state index contributed by atoms with van der Waals surface area (Å²) in [5.41, 5.74) is 8.52. The van der Waals surface area contributed by atoms with Crippen LogP contribution in [0, 0.1) is 0 Å². The molecule has 248 valence electrons. The molecule has 2 aromatic heterocycles. The van der Waals surface area contributed by atoms with Gasteiger partial charge in [-0.05, 0) is 79.3 Å². The van der Waals surface area contributed by atoms with Crippen molar-refractivity contribution >= 4 is 71.4 Å². The number of fused-ring (bicyclic) bond motifs is 10. The van der Waals surface area contributed by atoms with Crippen molar-refractivity contribution in [3.8, 4) is 11.1 Å². The zero-order valence-corrected chi connectivity index (χ0v) is 28.6. The number of aromatic nitrogens is 2. The van der Waals surface area contributed by atoms with Gasteiger partial charge in [0, 0.05) is 28.1 Å². The third-order valence-corrected chi connectivity index (χ3v) is 10.6. The average Bonchev–Trinajstić information content (AvgIpc) is 3.63. The normalized spacial score (nSPS) is 14.6. The molecular weight excluding hydrogens is 647 g/mol. The lowest BCUT2D eigenvalue weighted by Crippen LogP contribution is -2.33. The number of pyridine rings is 1. The number of imidazole rings is 1. The van der Waals surface area contributed by atoms with Gasteiger partial charge in [-0.1, -0.05) is 140 Å². The van der Waals surface area contributed by atoms with Gasteiger partial charge in [0.25, 0.3) is 0 Å². The van der Waals surface area contributed by atoms with Crippen molar-refractivity contribution in [1.82, 2.24) is 14.7 Å². The van der Waals surface area contributed by atoms with Crippen LogP contribution in [0.25, 0.3) is 70.9 Å². The van der Waals surface area contributed by atoms with Crippen LogP contribution < -0.4 is 5.32 Å². The van der Waals surface area contributed by atoms with Gasteiger partial charge >= 0.3 is 0 Å². The van der Waals surface area contributed by atoms with Gasteiger partial charge in [0.15, 0.2) is 5.84 Å². The lowest BCUT2D eigenvalue weighted by Gasteiger charge is -2.24. The van der Waals surface area contributed by atoms with Crippen LogP contribution in [0.2, 0.25) is 0 Å². The van der Waals surface area contributed by atoms with Crippen LogP contribution in [0.1, 0.15) is 22.9 Å². The minimum atomic E-state index is -0.293. The number of rotatable bonds is 4. The average molecular weight is 678 g/mol. The summed E-state index contributed by atoms with van der Waals surface area (Å²) in [6, 6.07) is 60.2. The second-order valence-corrected chi connectivity index (χ2v) is 13.7. The Morgan fingerprint density at radius 1 is 0.472 bits per heavy atom. The number of nitrogens with zero attached hydrogens (tertiary/aromatic N) is 4. The van der Waals surface area contributed by atoms with Crippen molar-refractivity contribution < 1.29 is 0 Å². The molecule has 0 radical (unpaired) electrons. The standard InChI is InChI=1S/C48H31N5/c1-3-11-34-27-37(22-18-30(34)9-1)47-50-46(51-48(52-47)38-23-19-31-10-2-4-12-35(31)28-38)33-20-16-32(17-21-33)36-24-25-41-42(29-36)39-13-5-6-14-40(39)44-45(41)53-26-8-7-15-43(53)49-44/h1-29,47H,(H,50,51,52). The molecule has 53 heavy (non-hydrogen) atoms. The topological polar surface area (TPSA) is 54.0 Å². The first-order valence-electron chi connectivity index (χ1n) is 18.0. The second-order valence-electron chi connectivity index (χ2n) is 13.7. The molecule has 0 amide bonds. The van der Waals surface area contributed by atoms with E-state index in [1.807, 2.05) is 6.07 Å². The zero-order valence-electron chi connectivity index (χ0n) is 28.6. The molecule has 0 fully saturated rings. The minimum absolute atomic E-state index is 0.293. The van der Waals surface area contributed by atoms with Gasteiger partial charge in [-0.25, -0.2) is 15.0 Å². The van der Waals surface area contributed by atoms with Gasteiger partial charge in [0.05, 0.1) is 11.0 Å². The van der Waals surface area contributed by atoms with E-state index in [9.17, 15) is 0 Å². The molecule has 0 saturated carbocycles. The van der Waals surface area contributed by atoms with Gasteiger partial charge in [-0.2, -0.15) is 0 Å². The summed E-state index contributed by atoms with van der Waals surface area (Å²) in [7, 11) is 0. The molecule has 0 saturated heterocycles. The van der Waals surface area contributed by atoms with Gasteiger partial charge in [-0.15, -0.1) is 0 Å². The van der Waals surface area contributed by atoms with E-state index in [0.29, 0.717) is 5.84 Å². The summed E-state index contributed by atoms with van der Waals surface area (Å²) in [6.07, 6.45) is 1.81. The predicted octanol–water partition coefficient (Wildman–Crippen LogP) is 11.3. The highest BCUT2D eigenvalue weighted by atomic mass is 15.2. The molecule has 0 aliphatic carbocycles. The van der Waals surface area contributed by atoms with Crippen LogP contribution in [0.15, 0.2) is 186 Å². The Kier molecular flexibility index (Phi) is 6.55. The summed E-state index contributed by atoms with van der Waals surface area (Å²) < 4.78 is 2.21. The molecule has 1 aliphatic heterocycles. The van der Waals surface area contributed by atoms with E-state index in [0.717, 1.165) is 55.7 Å². The largest absolute Gasteiger partial charge is 0.344 e. The summed E-state index contributed by atoms with van der Waals surface area (Å²) >= 11 is 0. The van der Waals surface area contributed by atoms with Crippen LogP contribution in [0.4, 0.5) is 0 Å². The molecule has 11 rings (SSSR count). The van der Waals surface area contributed by atoms with Crippen molar-refractivity contribution in [2.45, 2.75) is 6.17 Å². The van der Waals surface area contributed by atoms with E-state index < -0.39 is 0 Å². The first-order valence-corrected chi connectivity index (χ1v) is 18.0. The Balaban J connectivity index is 1.00. The van der Waals surface area contributed by atoms with Crippen LogP contribution in [0.5, 0.6) is 0 Å². The molecule has 5 nitrogen and oxygen atoms in total. The maximum atomic E-state index is 5.18. The lowest BCUT2D eigenvalue weighted by molar-refractivity contribution is 0.675. The van der Waals surface area contributed by atoms with Crippen molar-refractivity contribution in [2.24, 2.45) is 9.98 Å². The molecule has 10 aromatic rings. The van der Waals surface area contributed by atoms with Gasteiger partial charge < -0.3 is 5.32 Å². The van der Waals surface area contributed by atoms with Crippen molar-refractivity contribution in [1.29, 1.82) is 0 Å². The maximum absolute atomic E-state index is 5.18. The Labute approximate surface area is 305 Å². The number of hydrogen-bond acceptors (Lipinski definition) is 4. The molecule has 0 bridgehead atoms. The zero-order chi connectivity index (χ0) is 34.9. The van der Waals surface area contributed by atoms with E-state index >= 15 is 0 Å². The van der Waals surface area contributed by atoms with E-state index in [2.05, 4.69) is 180 Å². The summed E-state index contributed by atoms with van der Waals surface area (Å²) in [5.74, 6) is 1.51. The first-order chi connectivity index (χ1) is 26.2. The number of amidine groups is 2. The van der Waals surface area contributed by atoms with Crippen LogP contribution >= 0.6 is 0 Å². The molecule has 5 heteroatoms. The number of hydrogen-bond donors (Lipinski definition) is 1. The highest BCUT2D eigenvalue weighted by molar-refractivity contribution is 6.24. The SMILES string of the molecule is c1ccc2cc(C3=NC(c4ccc5ccccc5c4)NC(c4ccc(-c5ccc6c(c5)c5ccccc5c5nc7ccccn7c65)cc4)=N3)ccc2c1. The Hall–Kier alpha value is -7.11. The highest BCUT2D eigenvalue weighted by Gasteiger charge is 2.22. The number of nitrogens with one attached hydrogen (secondary N) is 1. The molecule has 8 aromatic carbocycles. The molecule has 0 spiro atoms. The second kappa shape index (κ2) is 11.7. The smallest absolute Gasteiger partial charge is 0.159 e.